The van der Waals surface area contributed by atoms with Crippen LogP contribution in [0.4, 0.5) is 0 Å². The molecule has 4 rings (SSSR count). The van der Waals surface area contributed by atoms with E-state index in [1.54, 1.807) is 6.92 Å². The number of hydrogen-bond donors (Lipinski definition) is 2. The van der Waals surface area contributed by atoms with E-state index in [-0.39, 0.29) is 5.91 Å². The molecule has 0 bridgehead atoms. The number of benzene rings is 2. The van der Waals surface area contributed by atoms with Gasteiger partial charge in [-0.1, -0.05) is 35.5 Å². The smallest absolute Gasteiger partial charge is 0.251 e. The van der Waals surface area contributed by atoms with Gasteiger partial charge in [0.1, 0.15) is 0 Å². The zero-order chi connectivity index (χ0) is 18.6. The quantitative estimate of drug-likeness (QED) is 0.729. The molecule has 3 aromatic rings. The summed E-state index contributed by atoms with van der Waals surface area (Å²) >= 11 is 0. The molecule has 2 N–H and O–H groups in total. The number of carbonyl (C=O) groups is 1. The molecular weight excluding hydrogens is 340 g/mol. The summed E-state index contributed by atoms with van der Waals surface area (Å²) in [5.41, 5.74) is 3.64. The molecule has 27 heavy (non-hydrogen) atoms. The SMILES string of the molecule is Cc1nc(-c2cccc(-c3ccc(C(=O)NC[C@@H]4CCCN4)cc3)c2)no1. The first-order valence-electron chi connectivity index (χ1n) is 9.22. The summed E-state index contributed by atoms with van der Waals surface area (Å²) < 4.78 is 5.06. The Bertz CT molecular complexity index is 927. The molecule has 1 fully saturated rings. The van der Waals surface area contributed by atoms with E-state index < -0.39 is 0 Å². The number of amides is 1. The Morgan fingerprint density at radius 3 is 2.70 bits per heavy atom. The molecule has 2 aromatic carbocycles. The fourth-order valence-electron chi connectivity index (χ4n) is 3.32. The van der Waals surface area contributed by atoms with Gasteiger partial charge in [-0.15, -0.1) is 0 Å². The van der Waals surface area contributed by atoms with Crippen molar-refractivity contribution in [3.63, 3.8) is 0 Å². The topological polar surface area (TPSA) is 80.0 Å². The van der Waals surface area contributed by atoms with Crippen molar-refractivity contribution in [3.05, 3.63) is 60.0 Å². The van der Waals surface area contributed by atoms with Gasteiger partial charge in [0.15, 0.2) is 0 Å². The highest BCUT2D eigenvalue weighted by Gasteiger charge is 2.15. The van der Waals surface area contributed by atoms with Gasteiger partial charge < -0.3 is 15.2 Å². The molecule has 1 aromatic heterocycles. The molecule has 6 nitrogen and oxygen atoms in total. The van der Waals surface area contributed by atoms with E-state index in [1.807, 2.05) is 48.5 Å². The first-order valence-corrected chi connectivity index (χ1v) is 9.22. The lowest BCUT2D eigenvalue weighted by Crippen LogP contribution is -2.37. The fourth-order valence-corrected chi connectivity index (χ4v) is 3.32. The number of nitrogens with zero attached hydrogens (tertiary/aromatic N) is 2. The van der Waals surface area contributed by atoms with Gasteiger partial charge in [-0.3, -0.25) is 4.79 Å². The normalized spacial score (nSPS) is 16.4. The molecule has 0 saturated carbocycles. The Kier molecular flexibility index (Phi) is 4.98. The van der Waals surface area contributed by atoms with Gasteiger partial charge in [0.2, 0.25) is 11.7 Å². The Balaban J connectivity index is 1.46. The molecular formula is C21H22N4O2. The molecule has 0 aliphatic carbocycles. The first-order chi connectivity index (χ1) is 13.2. The van der Waals surface area contributed by atoms with Gasteiger partial charge in [-0.2, -0.15) is 4.98 Å². The summed E-state index contributed by atoms with van der Waals surface area (Å²) in [4.78, 5) is 16.6. The van der Waals surface area contributed by atoms with Crippen LogP contribution in [0.25, 0.3) is 22.5 Å². The highest BCUT2D eigenvalue weighted by atomic mass is 16.5. The number of nitrogens with one attached hydrogen (secondary N) is 2. The largest absolute Gasteiger partial charge is 0.350 e. The van der Waals surface area contributed by atoms with Gasteiger partial charge in [-0.25, -0.2) is 0 Å². The van der Waals surface area contributed by atoms with E-state index in [0.29, 0.717) is 29.9 Å². The van der Waals surface area contributed by atoms with Crippen molar-refractivity contribution >= 4 is 5.91 Å². The standard InChI is InChI=1S/C21H22N4O2/c1-14-24-20(25-27-14)18-5-2-4-17(12-18)15-7-9-16(10-8-15)21(26)23-13-19-6-3-11-22-19/h2,4-5,7-10,12,19,22H,3,6,11,13H2,1H3,(H,23,26)/t19-/m0/s1. The van der Waals surface area contributed by atoms with E-state index >= 15 is 0 Å². The number of rotatable bonds is 5. The summed E-state index contributed by atoms with van der Waals surface area (Å²) in [7, 11) is 0. The maximum atomic E-state index is 12.3. The molecule has 1 amide bonds. The molecule has 1 saturated heterocycles. The van der Waals surface area contributed by atoms with Crippen LogP contribution in [-0.4, -0.2) is 35.2 Å². The predicted molar refractivity (Wildman–Crippen MR) is 103 cm³/mol. The summed E-state index contributed by atoms with van der Waals surface area (Å²) in [6.45, 7) is 3.48. The first kappa shape index (κ1) is 17.4. The Morgan fingerprint density at radius 2 is 2.00 bits per heavy atom. The molecule has 6 heteroatoms. The Hall–Kier alpha value is -2.99. The van der Waals surface area contributed by atoms with Gasteiger partial charge in [0.05, 0.1) is 0 Å². The van der Waals surface area contributed by atoms with E-state index in [9.17, 15) is 4.79 Å². The van der Waals surface area contributed by atoms with Crippen molar-refractivity contribution in [2.45, 2.75) is 25.8 Å². The second-order valence-corrected chi connectivity index (χ2v) is 6.80. The van der Waals surface area contributed by atoms with Crippen molar-refractivity contribution in [1.82, 2.24) is 20.8 Å². The summed E-state index contributed by atoms with van der Waals surface area (Å²) in [6.07, 6.45) is 2.30. The van der Waals surface area contributed by atoms with Crippen LogP contribution in [-0.2, 0) is 0 Å². The van der Waals surface area contributed by atoms with Crippen LogP contribution in [0, 0.1) is 6.92 Å². The molecule has 0 spiro atoms. The maximum absolute atomic E-state index is 12.3. The number of aryl methyl sites for hydroxylation is 1. The third-order valence-corrected chi connectivity index (χ3v) is 4.80. The van der Waals surface area contributed by atoms with Gasteiger partial charge in [-0.05, 0) is 48.7 Å². The third kappa shape index (κ3) is 4.06. The molecule has 0 radical (unpaired) electrons. The van der Waals surface area contributed by atoms with Gasteiger partial charge >= 0.3 is 0 Å². The minimum absolute atomic E-state index is 0.0359. The average molecular weight is 362 g/mol. The van der Waals surface area contributed by atoms with Crippen molar-refractivity contribution in [2.24, 2.45) is 0 Å². The number of carbonyl (C=O) groups excluding carboxylic acids is 1. The molecule has 1 atom stereocenters. The summed E-state index contributed by atoms with van der Waals surface area (Å²) in [5, 5.41) is 10.4. The van der Waals surface area contributed by atoms with Crippen LogP contribution in [0.3, 0.4) is 0 Å². The van der Waals surface area contributed by atoms with Crippen LogP contribution < -0.4 is 10.6 Å². The third-order valence-electron chi connectivity index (χ3n) is 4.80. The molecule has 2 heterocycles. The summed E-state index contributed by atoms with van der Waals surface area (Å²) in [5.74, 6) is 1.08. The van der Waals surface area contributed by atoms with Crippen LogP contribution in [0.1, 0.15) is 29.1 Å². The Morgan fingerprint density at radius 1 is 1.19 bits per heavy atom. The van der Waals surface area contributed by atoms with Crippen molar-refractivity contribution in [3.8, 4) is 22.5 Å². The number of aromatic nitrogens is 2. The van der Waals surface area contributed by atoms with E-state index in [0.717, 1.165) is 29.7 Å². The lowest BCUT2D eigenvalue weighted by atomic mass is 10.0. The minimum atomic E-state index is -0.0359. The lowest BCUT2D eigenvalue weighted by Gasteiger charge is -2.11. The zero-order valence-electron chi connectivity index (χ0n) is 15.2. The monoisotopic (exact) mass is 362 g/mol. The van der Waals surface area contributed by atoms with Crippen molar-refractivity contribution < 1.29 is 9.32 Å². The molecule has 1 aliphatic rings. The summed E-state index contributed by atoms with van der Waals surface area (Å²) in [6, 6.07) is 16.0. The van der Waals surface area contributed by atoms with Crippen molar-refractivity contribution in [2.75, 3.05) is 13.1 Å². The zero-order valence-corrected chi connectivity index (χ0v) is 15.2. The fraction of sp³-hybridized carbons (Fsp3) is 0.286. The highest BCUT2D eigenvalue weighted by Crippen LogP contribution is 2.25. The predicted octanol–water partition coefficient (Wildman–Crippen LogP) is 3.19. The van der Waals surface area contributed by atoms with Crippen LogP contribution in [0.15, 0.2) is 53.1 Å². The lowest BCUT2D eigenvalue weighted by molar-refractivity contribution is 0.0950. The van der Waals surface area contributed by atoms with E-state index in [2.05, 4.69) is 20.8 Å². The van der Waals surface area contributed by atoms with Crippen molar-refractivity contribution in [1.29, 1.82) is 0 Å². The second kappa shape index (κ2) is 7.72. The molecule has 1 aliphatic heterocycles. The number of hydrogen-bond acceptors (Lipinski definition) is 5. The Labute approximate surface area is 158 Å². The van der Waals surface area contributed by atoms with Gasteiger partial charge in [0.25, 0.3) is 5.91 Å². The van der Waals surface area contributed by atoms with E-state index in [4.69, 9.17) is 4.52 Å². The van der Waals surface area contributed by atoms with Gasteiger partial charge in [0, 0.05) is 30.6 Å². The molecule has 138 valence electrons. The maximum Gasteiger partial charge on any atom is 0.251 e. The molecule has 0 unspecified atom stereocenters. The minimum Gasteiger partial charge on any atom is -0.350 e. The van der Waals surface area contributed by atoms with Crippen LogP contribution in [0.5, 0.6) is 0 Å². The second-order valence-electron chi connectivity index (χ2n) is 6.80. The highest BCUT2D eigenvalue weighted by molar-refractivity contribution is 5.94. The van der Waals surface area contributed by atoms with Crippen LogP contribution >= 0.6 is 0 Å². The van der Waals surface area contributed by atoms with E-state index in [1.165, 1.54) is 6.42 Å². The average Bonchev–Trinajstić information content (AvgIpc) is 3.38. The van der Waals surface area contributed by atoms with Crippen LogP contribution in [0.2, 0.25) is 0 Å².